The Balaban J connectivity index is 1.33. The van der Waals surface area contributed by atoms with E-state index in [1.165, 1.54) is 19.2 Å². The molecule has 0 spiro atoms. The molecule has 4 rings (SSSR count). The fraction of sp³-hybridized carbons (Fsp3) is 0.269. The number of halogens is 3. The van der Waals surface area contributed by atoms with E-state index in [1.807, 2.05) is 42.5 Å². The van der Waals surface area contributed by atoms with Crippen LogP contribution in [0.5, 0.6) is 11.5 Å². The average molecular weight is 456 g/mol. The van der Waals surface area contributed by atoms with Crippen molar-refractivity contribution in [3.05, 3.63) is 95.1 Å². The van der Waals surface area contributed by atoms with Gasteiger partial charge < -0.3 is 14.2 Å². The smallest absolute Gasteiger partial charge is 0.416 e. The second-order valence-electron chi connectivity index (χ2n) is 7.92. The number of alkyl halides is 3. The minimum atomic E-state index is -4.36. The highest BCUT2D eigenvalue weighted by Crippen LogP contribution is 2.48. The van der Waals surface area contributed by atoms with Crippen LogP contribution in [0.15, 0.2) is 72.8 Å². The van der Waals surface area contributed by atoms with Crippen LogP contribution in [-0.4, -0.2) is 13.1 Å². The Bertz CT molecular complexity index is 1090. The number of para-hydroxylation sites is 1. The number of esters is 1. The van der Waals surface area contributed by atoms with Crippen molar-refractivity contribution in [1.29, 1.82) is 0 Å². The number of carbonyl (C=O) groups is 1. The first kappa shape index (κ1) is 22.7. The van der Waals surface area contributed by atoms with Gasteiger partial charge >= 0.3 is 12.1 Å². The van der Waals surface area contributed by atoms with Gasteiger partial charge in [0.05, 0.1) is 18.6 Å². The van der Waals surface area contributed by atoms with Crippen molar-refractivity contribution in [3.63, 3.8) is 0 Å². The number of hydrogen-bond donors (Lipinski definition) is 0. The van der Waals surface area contributed by atoms with Gasteiger partial charge in [-0.1, -0.05) is 42.5 Å². The molecule has 0 amide bonds. The molecule has 3 aromatic carbocycles. The molecule has 1 aliphatic carbocycles. The molecule has 0 aromatic heterocycles. The predicted molar refractivity (Wildman–Crippen MR) is 116 cm³/mol. The minimum absolute atomic E-state index is 0.0598. The largest absolute Gasteiger partial charge is 0.489 e. The summed E-state index contributed by atoms with van der Waals surface area (Å²) in [4.78, 5) is 11.6. The van der Waals surface area contributed by atoms with Crippen LogP contribution >= 0.6 is 0 Å². The van der Waals surface area contributed by atoms with E-state index in [0.29, 0.717) is 17.1 Å². The number of methoxy groups -OCH3 is 1. The molecule has 1 aliphatic rings. The van der Waals surface area contributed by atoms with E-state index >= 15 is 0 Å². The van der Waals surface area contributed by atoms with E-state index in [1.54, 1.807) is 6.07 Å². The summed E-state index contributed by atoms with van der Waals surface area (Å²) in [5, 5.41) is 0. The summed E-state index contributed by atoms with van der Waals surface area (Å²) in [6, 6.07) is 19.9. The van der Waals surface area contributed by atoms with E-state index in [4.69, 9.17) is 14.2 Å². The molecular weight excluding hydrogens is 433 g/mol. The van der Waals surface area contributed by atoms with Gasteiger partial charge in [0.1, 0.15) is 24.7 Å². The Kier molecular flexibility index (Phi) is 6.58. The van der Waals surface area contributed by atoms with Crippen LogP contribution in [0.3, 0.4) is 0 Å². The lowest BCUT2D eigenvalue weighted by Crippen LogP contribution is -2.05. The predicted octanol–water partition coefficient (Wildman–Crippen LogP) is 6.14. The molecule has 172 valence electrons. The first-order valence-electron chi connectivity index (χ1n) is 10.5. The van der Waals surface area contributed by atoms with Crippen LogP contribution in [0, 0.1) is 5.92 Å². The van der Waals surface area contributed by atoms with Gasteiger partial charge in [-0.05, 0) is 53.8 Å². The molecule has 0 N–H and O–H groups in total. The van der Waals surface area contributed by atoms with E-state index in [0.717, 1.165) is 29.7 Å². The number of rotatable bonds is 8. The molecule has 0 radical (unpaired) electrons. The van der Waals surface area contributed by atoms with E-state index in [9.17, 15) is 18.0 Å². The maximum Gasteiger partial charge on any atom is 0.416 e. The van der Waals surface area contributed by atoms with Crippen molar-refractivity contribution in [2.75, 3.05) is 7.11 Å². The summed E-state index contributed by atoms with van der Waals surface area (Å²) < 4.78 is 54.7. The minimum Gasteiger partial charge on any atom is -0.489 e. The summed E-state index contributed by atoms with van der Waals surface area (Å²) in [6.07, 6.45) is -3.56. The fourth-order valence-electron chi connectivity index (χ4n) is 3.66. The second kappa shape index (κ2) is 9.57. The third kappa shape index (κ3) is 5.66. The van der Waals surface area contributed by atoms with Crippen molar-refractivity contribution in [2.45, 2.75) is 31.7 Å². The van der Waals surface area contributed by atoms with E-state index in [-0.39, 0.29) is 31.0 Å². The quantitative estimate of drug-likeness (QED) is 0.382. The molecule has 0 saturated heterocycles. The van der Waals surface area contributed by atoms with Crippen LogP contribution in [0.25, 0.3) is 0 Å². The fourth-order valence-corrected chi connectivity index (χ4v) is 3.66. The molecule has 1 fully saturated rings. The molecule has 1 saturated carbocycles. The highest BCUT2D eigenvalue weighted by atomic mass is 19.4. The molecule has 33 heavy (non-hydrogen) atoms. The van der Waals surface area contributed by atoms with Crippen molar-refractivity contribution in [2.24, 2.45) is 5.92 Å². The van der Waals surface area contributed by atoms with Crippen LogP contribution in [-0.2, 0) is 28.9 Å². The molecule has 7 heteroatoms. The molecule has 0 heterocycles. The van der Waals surface area contributed by atoms with Gasteiger partial charge in [-0.3, -0.25) is 4.79 Å². The van der Waals surface area contributed by atoms with Gasteiger partial charge in [-0.2, -0.15) is 13.2 Å². The summed E-state index contributed by atoms with van der Waals surface area (Å²) in [5.74, 6) is 1.26. The third-order valence-electron chi connectivity index (χ3n) is 5.65. The molecule has 2 unspecified atom stereocenters. The van der Waals surface area contributed by atoms with Crippen LogP contribution in [0.4, 0.5) is 13.2 Å². The number of benzene rings is 3. The van der Waals surface area contributed by atoms with Gasteiger partial charge in [0.25, 0.3) is 0 Å². The molecular formula is C26H23F3O4. The van der Waals surface area contributed by atoms with Crippen molar-refractivity contribution in [3.8, 4) is 11.5 Å². The van der Waals surface area contributed by atoms with E-state index < -0.39 is 11.7 Å². The zero-order chi connectivity index (χ0) is 23.4. The Morgan fingerprint density at radius 2 is 1.61 bits per heavy atom. The third-order valence-corrected chi connectivity index (χ3v) is 5.65. The molecule has 3 aromatic rings. The van der Waals surface area contributed by atoms with Crippen LogP contribution in [0.2, 0.25) is 0 Å². The van der Waals surface area contributed by atoms with Gasteiger partial charge in [0.2, 0.25) is 0 Å². The number of hydrogen-bond acceptors (Lipinski definition) is 4. The first-order chi connectivity index (χ1) is 15.8. The van der Waals surface area contributed by atoms with Gasteiger partial charge in [0.15, 0.2) is 0 Å². The molecule has 2 atom stereocenters. The van der Waals surface area contributed by atoms with Crippen LogP contribution < -0.4 is 9.47 Å². The Hall–Kier alpha value is -3.48. The van der Waals surface area contributed by atoms with Crippen molar-refractivity contribution < 1.29 is 32.2 Å². The first-order valence-corrected chi connectivity index (χ1v) is 10.5. The highest BCUT2D eigenvalue weighted by Gasteiger charge is 2.44. The average Bonchev–Trinajstić information content (AvgIpc) is 3.62. The summed E-state index contributed by atoms with van der Waals surface area (Å²) in [6.45, 7) is 0.420. The Labute approximate surface area is 189 Å². The lowest BCUT2D eigenvalue weighted by Gasteiger charge is -2.13. The number of carbonyl (C=O) groups excluding carboxylic acids is 1. The summed E-state index contributed by atoms with van der Waals surface area (Å²) in [5.41, 5.74) is 1.85. The van der Waals surface area contributed by atoms with Gasteiger partial charge in [-0.25, -0.2) is 0 Å². The topological polar surface area (TPSA) is 44.8 Å². The second-order valence-corrected chi connectivity index (χ2v) is 7.92. The Morgan fingerprint density at radius 3 is 2.27 bits per heavy atom. The summed E-state index contributed by atoms with van der Waals surface area (Å²) in [7, 11) is 1.40. The monoisotopic (exact) mass is 456 g/mol. The summed E-state index contributed by atoms with van der Waals surface area (Å²) >= 11 is 0. The van der Waals surface area contributed by atoms with Gasteiger partial charge in [0, 0.05) is 5.56 Å². The zero-order valence-corrected chi connectivity index (χ0v) is 18.0. The van der Waals surface area contributed by atoms with Gasteiger partial charge in [-0.15, -0.1) is 0 Å². The standard InChI is InChI=1S/C26H23F3O4/c1-31-25(30)23-14-22(23)18-8-12-21(13-9-18)32-16-19-4-2-3-5-24(19)33-15-17-6-10-20(11-7-17)26(27,28)29/h2-13,22-23H,14-16H2,1H3. The highest BCUT2D eigenvalue weighted by molar-refractivity contribution is 5.77. The Morgan fingerprint density at radius 1 is 0.909 bits per heavy atom. The normalized spacial score (nSPS) is 17.3. The SMILES string of the molecule is COC(=O)C1CC1c1ccc(OCc2ccccc2OCc2ccc(C(F)(F)F)cc2)cc1. The van der Waals surface area contributed by atoms with Crippen LogP contribution in [0.1, 0.15) is 34.6 Å². The molecule has 0 aliphatic heterocycles. The molecule has 0 bridgehead atoms. The zero-order valence-electron chi connectivity index (χ0n) is 18.0. The number of ether oxygens (including phenoxy) is 3. The van der Waals surface area contributed by atoms with Crippen molar-refractivity contribution >= 4 is 5.97 Å². The van der Waals surface area contributed by atoms with E-state index in [2.05, 4.69) is 0 Å². The maximum atomic E-state index is 12.7. The maximum absolute atomic E-state index is 12.7. The van der Waals surface area contributed by atoms with Crippen molar-refractivity contribution in [1.82, 2.24) is 0 Å². The lowest BCUT2D eigenvalue weighted by atomic mass is 10.1. The molecule has 4 nitrogen and oxygen atoms in total. The lowest BCUT2D eigenvalue weighted by molar-refractivity contribution is -0.142.